The topological polar surface area (TPSA) is 61.6 Å². The molecule has 0 fully saturated rings. The Hall–Kier alpha value is -2.56. The minimum Gasteiger partial charge on any atom is -0.494 e. The van der Waals surface area contributed by atoms with Gasteiger partial charge in [0, 0.05) is 11.0 Å². The van der Waals surface area contributed by atoms with Gasteiger partial charge >= 0.3 is 6.09 Å². The van der Waals surface area contributed by atoms with Crippen LogP contribution in [0.4, 0.5) is 9.18 Å². The molecule has 0 bridgehead atoms. The van der Waals surface area contributed by atoms with E-state index in [1.807, 2.05) is 51.1 Å². The summed E-state index contributed by atoms with van der Waals surface area (Å²) in [5.74, 6) is 0.426. The van der Waals surface area contributed by atoms with E-state index in [1.165, 1.54) is 6.07 Å². The van der Waals surface area contributed by atoms with Gasteiger partial charge in [0.2, 0.25) is 0 Å². The summed E-state index contributed by atoms with van der Waals surface area (Å²) >= 11 is 0. The lowest BCUT2D eigenvalue weighted by molar-refractivity contribution is 0.0391. The zero-order valence-electron chi connectivity index (χ0n) is 15.3. The van der Waals surface area contributed by atoms with Crippen LogP contribution >= 0.6 is 0 Å². The molecule has 0 aliphatic heterocycles. The number of amides is 1. The number of hydrogen-bond acceptors (Lipinski definition) is 3. The Balaban J connectivity index is 1.94. The summed E-state index contributed by atoms with van der Waals surface area (Å²) in [6.07, 6.45) is 0.239. The predicted molar refractivity (Wildman–Crippen MR) is 98.5 cm³/mol. The van der Waals surface area contributed by atoms with Gasteiger partial charge in [-0.05, 0) is 53.8 Å². The van der Waals surface area contributed by atoms with Crippen LogP contribution in [0, 0.1) is 11.2 Å². The predicted octanol–water partition coefficient (Wildman–Crippen LogP) is 5.00. The lowest BCUT2D eigenvalue weighted by Crippen LogP contribution is -2.25. The van der Waals surface area contributed by atoms with E-state index in [1.54, 1.807) is 0 Å². The van der Waals surface area contributed by atoms with E-state index in [0.29, 0.717) is 24.2 Å². The summed E-state index contributed by atoms with van der Waals surface area (Å²) in [5, 5.41) is 0. The van der Waals surface area contributed by atoms with Crippen LogP contribution in [0.3, 0.4) is 0 Å². The first-order valence-corrected chi connectivity index (χ1v) is 8.83. The highest BCUT2D eigenvalue weighted by Gasteiger charge is 2.42. The molecule has 0 heterocycles. The van der Waals surface area contributed by atoms with Gasteiger partial charge in [-0.25, -0.2) is 9.18 Å². The van der Waals surface area contributed by atoms with Crippen LogP contribution in [0.5, 0.6) is 5.75 Å². The molecule has 2 aromatic carbocycles. The minimum atomic E-state index is -0.844. The molecule has 3 rings (SSSR count). The maximum Gasteiger partial charge on any atom is 0.405 e. The Morgan fingerprint density at radius 1 is 1.27 bits per heavy atom. The molecule has 1 atom stereocenters. The average molecular weight is 357 g/mol. The van der Waals surface area contributed by atoms with Crippen LogP contribution < -0.4 is 10.5 Å². The Bertz CT molecular complexity index is 815. The second-order valence-corrected chi connectivity index (χ2v) is 7.39. The van der Waals surface area contributed by atoms with Gasteiger partial charge in [-0.1, -0.05) is 32.9 Å². The quantitative estimate of drug-likeness (QED) is 0.819. The summed E-state index contributed by atoms with van der Waals surface area (Å²) in [6.45, 7) is 6.67. The van der Waals surface area contributed by atoms with Crippen molar-refractivity contribution in [2.45, 2.75) is 39.7 Å². The fourth-order valence-electron chi connectivity index (χ4n) is 3.55. The molecule has 0 radical (unpaired) electrons. The summed E-state index contributed by atoms with van der Waals surface area (Å²) in [4.78, 5) is 11.2. The molecule has 2 aromatic rings. The van der Waals surface area contributed by atoms with E-state index >= 15 is 0 Å². The first-order chi connectivity index (χ1) is 12.3. The van der Waals surface area contributed by atoms with Crippen LogP contribution in [0.1, 0.15) is 44.4 Å². The number of halogens is 1. The van der Waals surface area contributed by atoms with Crippen molar-refractivity contribution in [1.29, 1.82) is 0 Å². The zero-order chi connectivity index (χ0) is 18.9. The number of carbonyl (C=O) groups excluding carboxylic acids is 1. The molecular formula is C21H24FNO3. The fourth-order valence-corrected chi connectivity index (χ4v) is 3.55. The molecule has 1 aliphatic rings. The average Bonchev–Trinajstić information content (AvgIpc) is 2.82. The number of benzene rings is 2. The highest BCUT2D eigenvalue weighted by atomic mass is 19.1. The fraction of sp³-hybridized carbons (Fsp3) is 0.381. The van der Waals surface area contributed by atoms with Crippen LogP contribution in [-0.4, -0.2) is 12.7 Å². The number of nitrogens with two attached hydrogens (primary N) is 1. The molecule has 0 spiro atoms. The summed E-state index contributed by atoms with van der Waals surface area (Å²) in [5.41, 5.74) is 7.84. The number of carbonyl (C=O) groups is 1. The smallest absolute Gasteiger partial charge is 0.405 e. The first-order valence-electron chi connectivity index (χ1n) is 8.83. The van der Waals surface area contributed by atoms with Crippen molar-refractivity contribution < 1.29 is 18.7 Å². The van der Waals surface area contributed by atoms with Gasteiger partial charge in [0.25, 0.3) is 0 Å². The van der Waals surface area contributed by atoms with Crippen molar-refractivity contribution in [3.8, 4) is 16.9 Å². The van der Waals surface area contributed by atoms with E-state index in [0.717, 1.165) is 23.3 Å². The molecule has 1 unspecified atom stereocenters. The van der Waals surface area contributed by atoms with Crippen molar-refractivity contribution in [2.75, 3.05) is 6.61 Å². The van der Waals surface area contributed by atoms with Crippen molar-refractivity contribution in [3.63, 3.8) is 0 Å². The maximum atomic E-state index is 14.8. The summed E-state index contributed by atoms with van der Waals surface area (Å²) in [6, 6.07) is 10.7. The number of hydrogen-bond donors (Lipinski definition) is 1. The SMILES string of the molecule is CCCOc1ccc(-c2cc3c(cc2F)C(OC(N)=O)C(C)(C)C3)cc1. The van der Waals surface area contributed by atoms with Crippen LogP contribution in [-0.2, 0) is 11.2 Å². The van der Waals surface area contributed by atoms with Crippen LogP contribution in [0.15, 0.2) is 36.4 Å². The zero-order valence-corrected chi connectivity index (χ0v) is 15.3. The third kappa shape index (κ3) is 3.52. The van der Waals surface area contributed by atoms with E-state index in [4.69, 9.17) is 15.2 Å². The van der Waals surface area contributed by atoms with Gasteiger partial charge in [0.15, 0.2) is 0 Å². The molecule has 26 heavy (non-hydrogen) atoms. The molecule has 2 N–H and O–H groups in total. The third-order valence-corrected chi connectivity index (χ3v) is 4.74. The summed E-state index contributed by atoms with van der Waals surface area (Å²) in [7, 11) is 0. The van der Waals surface area contributed by atoms with Gasteiger partial charge < -0.3 is 15.2 Å². The van der Waals surface area contributed by atoms with Crippen molar-refractivity contribution in [1.82, 2.24) is 0 Å². The molecule has 138 valence electrons. The van der Waals surface area contributed by atoms with Crippen LogP contribution in [0.25, 0.3) is 11.1 Å². The van der Waals surface area contributed by atoms with E-state index in [2.05, 4.69) is 0 Å². The molecule has 1 aliphatic carbocycles. The highest BCUT2D eigenvalue weighted by Crippen LogP contribution is 2.48. The lowest BCUT2D eigenvalue weighted by atomic mass is 9.87. The Morgan fingerprint density at radius 3 is 2.58 bits per heavy atom. The van der Waals surface area contributed by atoms with Crippen molar-refractivity contribution in [2.24, 2.45) is 11.1 Å². The second kappa shape index (κ2) is 6.98. The number of ether oxygens (including phenoxy) is 2. The van der Waals surface area contributed by atoms with Gasteiger partial charge in [0.05, 0.1) is 6.61 Å². The number of fused-ring (bicyclic) bond motifs is 1. The molecule has 0 saturated carbocycles. The summed E-state index contributed by atoms with van der Waals surface area (Å²) < 4.78 is 25.6. The molecule has 0 aromatic heterocycles. The standard InChI is InChI=1S/C21H24FNO3/c1-4-9-25-15-7-5-13(6-8-15)16-10-14-12-21(2,3)19(26-20(23)24)17(14)11-18(16)22/h5-8,10-11,19H,4,9,12H2,1-3H3,(H2,23,24). The molecule has 5 heteroatoms. The van der Waals surface area contributed by atoms with Crippen LogP contribution in [0.2, 0.25) is 0 Å². The van der Waals surface area contributed by atoms with Gasteiger partial charge in [-0.2, -0.15) is 0 Å². The van der Waals surface area contributed by atoms with E-state index in [-0.39, 0.29) is 11.2 Å². The molecule has 4 nitrogen and oxygen atoms in total. The Labute approximate surface area is 153 Å². The molecular weight excluding hydrogens is 333 g/mol. The minimum absolute atomic E-state index is 0.333. The Morgan fingerprint density at radius 2 is 1.96 bits per heavy atom. The van der Waals surface area contributed by atoms with Gasteiger partial charge in [-0.3, -0.25) is 0 Å². The lowest BCUT2D eigenvalue weighted by Gasteiger charge is -2.26. The Kier molecular flexibility index (Phi) is 4.90. The van der Waals surface area contributed by atoms with Crippen molar-refractivity contribution in [3.05, 3.63) is 53.3 Å². The normalized spacial score (nSPS) is 17.6. The molecule has 1 amide bonds. The number of rotatable bonds is 5. The molecule has 0 saturated heterocycles. The largest absolute Gasteiger partial charge is 0.494 e. The van der Waals surface area contributed by atoms with Gasteiger partial charge in [-0.15, -0.1) is 0 Å². The first kappa shape index (κ1) is 18.2. The van der Waals surface area contributed by atoms with E-state index < -0.39 is 12.2 Å². The van der Waals surface area contributed by atoms with E-state index in [9.17, 15) is 9.18 Å². The second-order valence-electron chi connectivity index (χ2n) is 7.39. The van der Waals surface area contributed by atoms with Crippen molar-refractivity contribution >= 4 is 6.09 Å². The highest BCUT2D eigenvalue weighted by molar-refractivity contribution is 5.68. The monoisotopic (exact) mass is 357 g/mol. The maximum absolute atomic E-state index is 14.8. The van der Waals surface area contributed by atoms with Gasteiger partial charge in [0.1, 0.15) is 17.7 Å². The third-order valence-electron chi connectivity index (χ3n) is 4.74. The number of primary amides is 1.